The van der Waals surface area contributed by atoms with Gasteiger partial charge in [0.2, 0.25) is 5.91 Å². The summed E-state index contributed by atoms with van der Waals surface area (Å²) in [5.74, 6) is 0.00297. The first kappa shape index (κ1) is 19.2. The number of halogens is 1. The molecule has 0 saturated heterocycles. The van der Waals surface area contributed by atoms with Crippen molar-refractivity contribution in [2.75, 3.05) is 12.3 Å². The van der Waals surface area contributed by atoms with Crippen molar-refractivity contribution in [1.82, 2.24) is 14.5 Å². The van der Waals surface area contributed by atoms with E-state index in [1.165, 1.54) is 23.9 Å². The molecule has 6 heteroatoms. The maximum absolute atomic E-state index is 13.4. The number of rotatable bonds is 7. The SMILES string of the molecule is CCN(Cc1cccc(F)c1)C(=O)CSc1nccn1-c1ccccc1C. The van der Waals surface area contributed by atoms with Crippen LogP contribution in [0, 0.1) is 12.7 Å². The Hall–Kier alpha value is -2.60. The second-order valence-electron chi connectivity index (χ2n) is 6.19. The van der Waals surface area contributed by atoms with Crippen LogP contribution in [0.3, 0.4) is 0 Å². The summed E-state index contributed by atoms with van der Waals surface area (Å²) in [4.78, 5) is 18.8. The summed E-state index contributed by atoms with van der Waals surface area (Å²) in [7, 11) is 0. The largest absolute Gasteiger partial charge is 0.338 e. The molecule has 27 heavy (non-hydrogen) atoms. The number of hydrogen-bond donors (Lipinski definition) is 0. The molecule has 4 nitrogen and oxygen atoms in total. The lowest BCUT2D eigenvalue weighted by molar-refractivity contribution is -0.128. The van der Waals surface area contributed by atoms with E-state index in [0.717, 1.165) is 22.0 Å². The van der Waals surface area contributed by atoms with Crippen LogP contribution < -0.4 is 0 Å². The van der Waals surface area contributed by atoms with E-state index in [9.17, 15) is 9.18 Å². The van der Waals surface area contributed by atoms with Gasteiger partial charge in [0, 0.05) is 25.5 Å². The smallest absolute Gasteiger partial charge is 0.233 e. The number of para-hydroxylation sites is 1. The summed E-state index contributed by atoms with van der Waals surface area (Å²) in [6.07, 6.45) is 3.64. The summed E-state index contributed by atoms with van der Waals surface area (Å²) in [6.45, 7) is 4.95. The number of imidazole rings is 1. The van der Waals surface area contributed by atoms with Gasteiger partial charge in [-0.3, -0.25) is 9.36 Å². The van der Waals surface area contributed by atoms with Gasteiger partial charge in [-0.2, -0.15) is 0 Å². The van der Waals surface area contributed by atoms with Crippen LogP contribution in [-0.2, 0) is 11.3 Å². The molecule has 0 aliphatic carbocycles. The summed E-state index contributed by atoms with van der Waals surface area (Å²) in [5.41, 5.74) is 2.98. The minimum Gasteiger partial charge on any atom is -0.338 e. The molecule has 0 N–H and O–H groups in total. The predicted molar refractivity (Wildman–Crippen MR) is 107 cm³/mol. The van der Waals surface area contributed by atoms with Crippen molar-refractivity contribution in [3.8, 4) is 5.69 Å². The molecule has 140 valence electrons. The van der Waals surface area contributed by atoms with E-state index in [4.69, 9.17) is 0 Å². The third-order valence-electron chi connectivity index (χ3n) is 4.30. The predicted octanol–water partition coefficient (Wildman–Crippen LogP) is 4.46. The quantitative estimate of drug-likeness (QED) is 0.566. The summed E-state index contributed by atoms with van der Waals surface area (Å²) >= 11 is 1.41. The van der Waals surface area contributed by atoms with E-state index in [0.29, 0.717) is 13.1 Å². The molecule has 0 atom stereocenters. The van der Waals surface area contributed by atoms with Crippen molar-refractivity contribution in [3.05, 3.63) is 77.9 Å². The highest BCUT2D eigenvalue weighted by Gasteiger charge is 2.15. The van der Waals surface area contributed by atoms with Crippen molar-refractivity contribution in [3.63, 3.8) is 0 Å². The Labute approximate surface area is 163 Å². The Bertz CT molecular complexity index is 925. The van der Waals surface area contributed by atoms with Gasteiger partial charge < -0.3 is 4.90 Å². The third kappa shape index (κ3) is 4.77. The van der Waals surface area contributed by atoms with E-state index in [2.05, 4.69) is 4.98 Å². The molecular formula is C21H22FN3OS. The topological polar surface area (TPSA) is 38.1 Å². The van der Waals surface area contributed by atoms with Crippen LogP contribution in [-0.4, -0.2) is 32.7 Å². The Morgan fingerprint density at radius 3 is 2.78 bits per heavy atom. The molecule has 0 saturated carbocycles. The number of thioether (sulfide) groups is 1. The first-order valence-corrected chi connectivity index (χ1v) is 9.81. The normalized spacial score (nSPS) is 10.8. The molecule has 0 spiro atoms. The molecule has 2 aromatic carbocycles. The molecular weight excluding hydrogens is 361 g/mol. The highest BCUT2D eigenvalue weighted by molar-refractivity contribution is 7.99. The van der Waals surface area contributed by atoms with Crippen LogP contribution in [0.25, 0.3) is 5.69 Å². The van der Waals surface area contributed by atoms with Gasteiger partial charge in [0.05, 0.1) is 11.4 Å². The second kappa shape index (κ2) is 8.86. The number of amides is 1. The molecule has 1 amide bonds. The highest BCUT2D eigenvalue weighted by Crippen LogP contribution is 2.23. The standard InChI is InChI=1S/C21H22FN3OS/c1-3-24(14-17-8-6-9-18(22)13-17)20(26)15-27-21-23-11-12-25(21)19-10-5-4-7-16(19)2/h4-13H,3,14-15H2,1-2H3. The van der Waals surface area contributed by atoms with Gasteiger partial charge in [-0.1, -0.05) is 42.1 Å². The molecule has 3 aromatic rings. The third-order valence-corrected chi connectivity index (χ3v) is 5.26. The summed E-state index contributed by atoms with van der Waals surface area (Å²) in [5, 5.41) is 0.777. The number of carbonyl (C=O) groups excluding carboxylic acids is 1. The van der Waals surface area contributed by atoms with E-state index in [1.54, 1.807) is 17.2 Å². The zero-order chi connectivity index (χ0) is 19.2. The Morgan fingerprint density at radius 2 is 2.04 bits per heavy atom. The van der Waals surface area contributed by atoms with E-state index in [1.807, 2.05) is 54.9 Å². The molecule has 0 radical (unpaired) electrons. The van der Waals surface area contributed by atoms with E-state index in [-0.39, 0.29) is 17.5 Å². The number of aryl methyl sites for hydroxylation is 1. The van der Waals surface area contributed by atoms with Crippen LogP contribution in [0.5, 0.6) is 0 Å². The fraction of sp³-hybridized carbons (Fsp3) is 0.238. The maximum atomic E-state index is 13.4. The Morgan fingerprint density at radius 1 is 1.22 bits per heavy atom. The van der Waals surface area contributed by atoms with E-state index >= 15 is 0 Å². The molecule has 0 bridgehead atoms. The van der Waals surface area contributed by atoms with Crippen LogP contribution in [0.2, 0.25) is 0 Å². The van der Waals surface area contributed by atoms with E-state index < -0.39 is 0 Å². The maximum Gasteiger partial charge on any atom is 0.233 e. The molecule has 0 aliphatic heterocycles. The molecule has 1 aromatic heterocycles. The number of hydrogen-bond acceptors (Lipinski definition) is 3. The minimum absolute atomic E-state index is 0.00564. The van der Waals surface area contributed by atoms with Crippen LogP contribution in [0.4, 0.5) is 4.39 Å². The van der Waals surface area contributed by atoms with Gasteiger partial charge in [0.1, 0.15) is 5.82 Å². The zero-order valence-corrected chi connectivity index (χ0v) is 16.2. The Kier molecular flexibility index (Phi) is 6.29. The molecule has 0 aliphatic rings. The first-order valence-electron chi connectivity index (χ1n) is 8.83. The number of benzene rings is 2. The van der Waals surface area contributed by atoms with Crippen molar-refractivity contribution < 1.29 is 9.18 Å². The van der Waals surface area contributed by atoms with Gasteiger partial charge in [0.25, 0.3) is 0 Å². The van der Waals surface area contributed by atoms with Crippen molar-refractivity contribution >= 4 is 17.7 Å². The Balaban J connectivity index is 1.67. The van der Waals surface area contributed by atoms with Gasteiger partial charge in [-0.25, -0.2) is 9.37 Å². The molecule has 3 rings (SSSR count). The lowest BCUT2D eigenvalue weighted by atomic mass is 10.2. The number of aromatic nitrogens is 2. The van der Waals surface area contributed by atoms with Crippen molar-refractivity contribution in [2.45, 2.75) is 25.5 Å². The minimum atomic E-state index is -0.286. The van der Waals surface area contributed by atoms with Gasteiger partial charge in [0.15, 0.2) is 5.16 Å². The van der Waals surface area contributed by atoms with Crippen LogP contribution in [0.1, 0.15) is 18.1 Å². The van der Waals surface area contributed by atoms with Crippen LogP contribution >= 0.6 is 11.8 Å². The fourth-order valence-corrected chi connectivity index (χ4v) is 3.73. The lowest BCUT2D eigenvalue weighted by Crippen LogP contribution is -2.31. The first-order chi connectivity index (χ1) is 13.1. The average molecular weight is 383 g/mol. The summed E-state index contributed by atoms with van der Waals surface area (Å²) < 4.78 is 15.4. The zero-order valence-electron chi connectivity index (χ0n) is 15.4. The molecule has 0 unspecified atom stereocenters. The summed E-state index contributed by atoms with van der Waals surface area (Å²) in [6, 6.07) is 14.4. The highest BCUT2D eigenvalue weighted by atomic mass is 32.2. The van der Waals surface area contributed by atoms with Gasteiger partial charge in [-0.15, -0.1) is 0 Å². The van der Waals surface area contributed by atoms with Gasteiger partial charge in [-0.05, 0) is 43.2 Å². The average Bonchev–Trinajstić information content (AvgIpc) is 3.13. The van der Waals surface area contributed by atoms with Gasteiger partial charge >= 0.3 is 0 Å². The number of carbonyl (C=O) groups is 1. The monoisotopic (exact) mass is 383 g/mol. The van der Waals surface area contributed by atoms with Crippen molar-refractivity contribution in [1.29, 1.82) is 0 Å². The number of nitrogens with zero attached hydrogens (tertiary/aromatic N) is 3. The van der Waals surface area contributed by atoms with Crippen molar-refractivity contribution in [2.24, 2.45) is 0 Å². The lowest BCUT2D eigenvalue weighted by Gasteiger charge is -2.21. The molecule has 0 fully saturated rings. The second-order valence-corrected chi connectivity index (χ2v) is 7.14. The fourth-order valence-electron chi connectivity index (χ4n) is 2.86. The molecule has 1 heterocycles. The van der Waals surface area contributed by atoms with Crippen LogP contribution in [0.15, 0.2) is 66.1 Å².